The Morgan fingerprint density at radius 1 is 1.33 bits per heavy atom. The number of rotatable bonds is 2. The second-order valence-corrected chi connectivity index (χ2v) is 9.71. The predicted octanol–water partition coefficient (Wildman–Crippen LogP) is 2.64. The normalized spacial score (nSPS) is 51.3. The van der Waals surface area contributed by atoms with Crippen molar-refractivity contribution in [3.05, 3.63) is 23.8 Å². The molecule has 0 unspecified atom stereocenters. The van der Waals surface area contributed by atoms with E-state index in [0.29, 0.717) is 12.0 Å². The number of halogens is 1. The highest BCUT2D eigenvalue weighted by Crippen LogP contribution is 2.67. The molecule has 0 aromatic carbocycles. The first kappa shape index (κ1) is 19.0. The SMILES string of the molecule is C[C@H]1C[C@@H]2[C@@H]3C[C@@H](F)C4=CC(=O)C=C[C@]4(C)[C@@H]3[C@@H](O)C[C@]2(C)[C@H]1C(=O)CO. The highest BCUT2D eigenvalue weighted by atomic mass is 19.1. The Labute approximate surface area is 159 Å². The van der Waals surface area contributed by atoms with Gasteiger partial charge in [0.15, 0.2) is 11.6 Å². The van der Waals surface area contributed by atoms with Crippen molar-refractivity contribution in [2.75, 3.05) is 6.61 Å². The molecule has 0 radical (unpaired) electrons. The minimum absolute atomic E-state index is 0.0484. The van der Waals surface area contributed by atoms with Gasteiger partial charge in [0.1, 0.15) is 12.8 Å². The van der Waals surface area contributed by atoms with Crippen LogP contribution in [0.25, 0.3) is 0 Å². The third-order valence-corrected chi connectivity index (χ3v) is 8.32. The van der Waals surface area contributed by atoms with Crippen molar-refractivity contribution in [1.29, 1.82) is 0 Å². The Hall–Kier alpha value is -1.33. The number of allylic oxidation sites excluding steroid dienone is 4. The van der Waals surface area contributed by atoms with Gasteiger partial charge >= 0.3 is 0 Å². The first-order valence-corrected chi connectivity index (χ1v) is 10.0. The lowest BCUT2D eigenvalue weighted by molar-refractivity contribution is -0.144. The highest BCUT2D eigenvalue weighted by molar-refractivity contribution is 6.01. The quantitative estimate of drug-likeness (QED) is 0.777. The van der Waals surface area contributed by atoms with E-state index in [4.69, 9.17) is 0 Å². The summed E-state index contributed by atoms with van der Waals surface area (Å²) in [4.78, 5) is 24.3. The summed E-state index contributed by atoms with van der Waals surface area (Å²) in [6, 6.07) is 0. The van der Waals surface area contributed by atoms with Crippen molar-refractivity contribution in [1.82, 2.24) is 0 Å². The van der Waals surface area contributed by atoms with Crippen molar-refractivity contribution < 1.29 is 24.2 Å². The van der Waals surface area contributed by atoms with Gasteiger partial charge in [-0.2, -0.15) is 0 Å². The zero-order valence-electron chi connectivity index (χ0n) is 16.2. The van der Waals surface area contributed by atoms with Crippen LogP contribution in [0.1, 0.15) is 40.0 Å². The van der Waals surface area contributed by atoms with E-state index in [0.717, 1.165) is 6.42 Å². The molecule has 0 amide bonds. The Morgan fingerprint density at radius 2 is 2.04 bits per heavy atom. The number of Topliss-reactive ketones (excluding diaryl/α,β-unsaturated/α-hetero) is 1. The van der Waals surface area contributed by atoms with E-state index in [1.165, 1.54) is 12.2 Å². The van der Waals surface area contributed by atoms with Crippen LogP contribution in [-0.2, 0) is 9.59 Å². The summed E-state index contributed by atoms with van der Waals surface area (Å²) in [6.45, 7) is 5.53. The molecule has 4 rings (SSSR count). The van der Waals surface area contributed by atoms with E-state index in [1.807, 2.05) is 20.8 Å². The summed E-state index contributed by atoms with van der Waals surface area (Å²) in [7, 11) is 0. The smallest absolute Gasteiger partial charge is 0.178 e. The molecule has 2 N–H and O–H groups in total. The van der Waals surface area contributed by atoms with Crippen LogP contribution in [0, 0.1) is 40.4 Å². The minimum atomic E-state index is -1.21. The number of aliphatic hydroxyl groups excluding tert-OH is 2. The molecule has 4 aliphatic carbocycles. The van der Waals surface area contributed by atoms with E-state index in [1.54, 1.807) is 6.08 Å². The van der Waals surface area contributed by atoms with Gasteiger partial charge in [-0.15, -0.1) is 0 Å². The molecule has 0 aromatic rings. The third-order valence-electron chi connectivity index (χ3n) is 8.32. The Morgan fingerprint density at radius 3 is 2.70 bits per heavy atom. The predicted molar refractivity (Wildman–Crippen MR) is 98.4 cm³/mol. The molecule has 0 heterocycles. The van der Waals surface area contributed by atoms with Crippen LogP contribution in [-0.4, -0.2) is 40.7 Å². The average Bonchev–Trinajstić information content (AvgIpc) is 2.85. The number of alkyl halides is 1. The average molecular weight is 376 g/mol. The van der Waals surface area contributed by atoms with Gasteiger partial charge in [0.05, 0.1) is 6.10 Å². The molecule has 4 aliphatic rings. The van der Waals surface area contributed by atoms with Crippen molar-refractivity contribution >= 4 is 11.6 Å². The largest absolute Gasteiger partial charge is 0.393 e. The lowest BCUT2D eigenvalue weighted by Crippen LogP contribution is -2.58. The second-order valence-electron chi connectivity index (χ2n) is 9.71. The summed E-state index contributed by atoms with van der Waals surface area (Å²) < 4.78 is 15.2. The van der Waals surface area contributed by atoms with Crippen molar-refractivity contribution in [3.63, 3.8) is 0 Å². The molecule has 0 aliphatic heterocycles. The number of fused-ring (bicyclic) bond motifs is 5. The standard InChI is InChI=1S/C22H29FO4/c1-11-6-14-13-8-16(23)15-7-12(25)4-5-21(15,2)20(13)17(26)9-22(14,3)19(11)18(27)10-24/h4-5,7,11,13-14,16-17,19-20,24,26H,6,8-10H2,1-3H3/t11-,13-,14+,16+,17-,19+,20-,21-,22-/m0/s1. The Bertz CT molecular complexity index is 743. The van der Waals surface area contributed by atoms with Crippen molar-refractivity contribution in [2.24, 2.45) is 40.4 Å². The van der Waals surface area contributed by atoms with Gasteiger partial charge in [-0.1, -0.05) is 26.8 Å². The lowest BCUT2D eigenvalue weighted by atomic mass is 9.46. The molecule has 3 fully saturated rings. The van der Waals surface area contributed by atoms with Gasteiger partial charge in [0, 0.05) is 17.3 Å². The Balaban J connectivity index is 1.77. The van der Waals surface area contributed by atoms with Crippen LogP contribution in [0.15, 0.2) is 23.8 Å². The molecule has 0 aromatic heterocycles. The lowest BCUT2D eigenvalue weighted by Gasteiger charge is -2.59. The fourth-order valence-corrected chi connectivity index (χ4v) is 7.49. The summed E-state index contributed by atoms with van der Waals surface area (Å²) >= 11 is 0. The molecule has 3 saturated carbocycles. The van der Waals surface area contributed by atoms with Crippen LogP contribution < -0.4 is 0 Å². The fraction of sp³-hybridized carbons (Fsp3) is 0.727. The number of carbonyl (C=O) groups is 2. The molecule has 0 saturated heterocycles. The molecular formula is C22H29FO4. The summed E-state index contributed by atoms with van der Waals surface area (Å²) in [5, 5.41) is 20.6. The van der Waals surface area contributed by atoms with E-state index in [9.17, 15) is 19.8 Å². The van der Waals surface area contributed by atoms with E-state index in [2.05, 4.69) is 0 Å². The monoisotopic (exact) mass is 376 g/mol. The molecule has 5 heteroatoms. The zero-order chi connectivity index (χ0) is 19.7. The number of hydrogen-bond acceptors (Lipinski definition) is 4. The molecule has 0 bridgehead atoms. The second kappa shape index (κ2) is 6.08. The van der Waals surface area contributed by atoms with Gasteiger partial charge in [-0.3, -0.25) is 9.59 Å². The van der Waals surface area contributed by atoms with Crippen LogP contribution in [0.4, 0.5) is 4.39 Å². The number of carbonyl (C=O) groups excluding carboxylic acids is 2. The number of ketones is 2. The van der Waals surface area contributed by atoms with Crippen molar-refractivity contribution in [2.45, 2.75) is 52.3 Å². The first-order chi connectivity index (χ1) is 12.6. The number of aliphatic hydroxyl groups is 2. The van der Waals surface area contributed by atoms with Gasteiger partial charge in [-0.25, -0.2) is 4.39 Å². The van der Waals surface area contributed by atoms with E-state index < -0.39 is 29.7 Å². The van der Waals surface area contributed by atoms with E-state index >= 15 is 4.39 Å². The van der Waals surface area contributed by atoms with Crippen molar-refractivity contribution in [3.8, 4) is 0 Å². The maximum Gasteiger partial charge on any atom is 0.178 e. The van der Waals surface area contributed by atoms with Crippen LogP contribution in [0.2, 0.25) is 0 Å². The molecule has 0 spiro atoms. The third kappa shape index (κ3) is 2.47. The first-order valence-electron chi connectivity index (χ1n) is 10.0. The van der Waals surface area contributed by atoms with Gasteiger partial charge < -0.3 is 10.2 Å². The van der Waals surface area contributed by atoms with Crippen LogP contribution >= 0.6 is 0 Å². The zero-order valence-corrected chi connectivity index (χ0v) is 16.2. The van der Waals surface area contributed by atoms with E-state index in [-0.39, 0.29) is 47.6 Å². The molecular weight excluding hydrogens is 347 g/mol. The maximum atomic E-state index is 15.2. The molecule has 9 atom stereocenters. The van der Waals surface area contributed by atoms with Gasteiger partial charge in [0.25, 0.3) is 0 Å². The summed E-state index contributed by atoms with van der Waals surface area (Å²) in [5.41, 5.74) is -0.599. The van der Waals surface area contributed by atoms with Crippen LogP contribution in [0.5, 0.6) is 0 Å². The fourth-order valence-electron chi connectivity index (χ4n) is 7.49. The summed E-state index contributed by atoms with van der Waals surface area (Å²) in [5.74, 6) is -0.626. The summed E-state index contributed by atoms with van der Waals surface area (Å²) in [6.07, 6.45) is 4.39. The highest BCUT2D eigenvalue weighted by Gasteiger charge is 2.65. The molecule has 27 heavy (non-hydrogen) atoms. The van der Waals surface area contributed by atoms with Crippen LogP contribution in [0.3, 0.4) is 0 Å². The Kier molecular flexibility index (Phi) is 4.28. The van der Waals surface area contributed by atoms with Gasteiger partial charge in [0.2, 0.25) is 0 Å². The molecule has 148 valence electrons. The maximum absolute atomic E-state index is 15.2. The number of hydrogen-bond donors (Lipinski definition) is 2. The topological polar surface area (TPSA) is 74.6 Å². The molecule has 4 nitrogen and oxygen atoms in total. The minimum Gasteiger partial charge on any atom is -0.393 e. The van der Waals surface area contributed by atoms with Gasteiger partial charge in [-0.05, 0) is 60.2 Å².